The Balaban J connectivity index is 1.50. The van der Waals surface area contributed by atoms with Crippen molar-refractivity contribution in [2.75, 3.05) is 5.32 Å². The van der Waals surface area contributed by atoms with Crippen LogP contribution in [0, 0.1) is 10.1 Å². The molecule has 1 unspecified atom stereocenters. The predicted molar refractivity (Wildman–Crippen MR) is 133 cm³/mol. The second kappa shape index (κ2) is 9.19. The molecule has 0 spiro atoms. The fraction of sp³-hybridized carbons (Fsp3) is 0.208. The number of carbonyl (C=O) groups excluding carboxylic acids is 1. The van der Waals surface area contributed by atoms with Crippen molar-refractivity contribution in [3.05, 3.63) is 101 Å². The summed E-state index contributed by atoms with van der Waals surface area (Å²) in [7, 11) is 0. The van der Waals surface area contributed by atoms with Gasteiger partial charge >= 0.3 is 0 Å². The fourth-order valence-corrected chi connectivity index (χ4v) is 5.63. The van der Waals surface area contributed by atoms with Gasteiger partial charge in [0.2, 0.25) is 0 Å². The molecular formula is C24H19BrN4O4S. The van der Waals surface area contributed by atoms with E-state index in [4.69, 9.17) is 0 Å². The highest BCUT2D eigenvalue weighted by Gasteiger charge is 2.37. The van der Waals surface area contributed by atoms with Crippen LogP contribution in [0.15, 0.2) is 74.2 Å². The summed E-state index contributed by atoms with van der Waals surface area (Å²) in [5, 5.41) is 14.6. The lowest BCUT2D eigenvalue weighted by molar-refractivity contribution is -0.384. The number of nitro benzene ring substituents is 1. The van der Waals surface area contributed by atoms with Gasteiger partial charge < -0.3 is 10.3 Å². The summed E-state index contributed by atoms with van der Waals surface area (Å²) in [6.07, 6.45) is 1.95. The maximum atomic E-state index is 13.3. The Morgan fingerprint density at radius 2 is 1.94 bits per heavy atom. The summed E-state index contributed by atoms with van der Waals surface area (Å²) in [6, 6.07) is 13.9. The van der Waals surface area contributed by atoms with Crippen molar-refractivity contribution in [1.29, 1.82) is 0 Å². The third-order valence-electron chi connectivity index (χ3n) is 5.94. The van der Waals surface area contributed by atoms with Crippen LogP contribution in [0.5, 0.6) is 0 Å². The van der Waals surface area contributed by atoms with Gasteiger partial charge in [0, 0.05) is 46.0 Å². The number of Topliss-reactive ketones (excluding diaryl/α,β-unsaturated/α-hetero) is 1. The molecule has 0 amide bonds. The number of anilines is 1. The van der Waals surface area contributed by atoms with Crippen molar-refractivity contribution in [1.82, 2.24) is 9.97 Å². The molecular weight excluding hydrogens is 520 g/mol. The number of ketones is 1. The number of carbonyl (C=O) groups is 1. The topological polar surface area (TPSA) is 118 Å². The van der Waals surface area contributed by atoms with E-state index < -0.39 is 10.8 Å². The van der Waals surface area contributed by atoms with Gasteiger partial charge in [-0.1, -0.05) is 52.0 Å². The Kier molecular flexibility index (Phi) is 6.09. The molecule has 2 aromatic carbocycles. The second-order valence-corrected chi connectivity index (χ2v) is 10.0. The van der Waals surface area contributed by atoms with Crippen LogP contribution in [-0.2, 0) is 10.5 Å². The smallest absolute Gasteiger partial charge is 0.269 e. The van der Waals surface area contributed by atoms with Crippen LogP contribution in [0.4, 0.5) is 11.5 Å². The first-order valence-electron chi connectivity index (χ1n) is 10.7. The highest BCUT2D eigenvalue weighted by Crippen LogP contribution is 2.43. The first kappa shape index (κ1) is 22.5. The van der Waals surface area contributed by atoms with Gasteiger partial charge in [-0.05, 0) is 36.1 Å². The quantitative estimate of drug-likeness (QED) is 0.196. The van der Waals surface area contributed by atoms with Gasteiger partial charge in [0.25, 0.3) is 11.2 Å². The number of nitrogens with one attached hydrogen (secondary N) is 2. The predicted octanol–water partition coefficient (Wildman–Crippen LogP) is 5.30. The third kappa shape index (κ3) is 4.30. The first-order chi connectivity index (χ1) is 16.4. The van der Waals surface area contributed by atoms with Gasteiger partial charge in [-0.15, -0.1) is 0 Å². The maximum absolute atomic E-state index is 13.3. The van der Waals surface area contributed by atoms with Gasteiger partial charge in [-0.25, -0.2) is 4.98 Å². The van der Waals surface area contributed by atoms with Gasteiger partial charge in [-0.2, -0.15) is 0 Å². The number of halogens is 1. The highest BCUT2D eigenvalue weighted by molar-refractivity contribution is 9.10. The van der Waals surface area contributed by atoms with Crippen molar-refractivity contribution in [2.45, 2.75) is 36.1 Å². The Hall–Kier alpha value is -3.24. The third-order valence-corrected chi connectivity index (χ3v) is 7.38. The van der Waals surface area contributed by atoms with Crippen LogP contribution >= 0.6 is 27.7 Å². The molecule has 1 aliphatic carbocycles. The zero-order valence-corrected chi connectivity index (χ0v) is 20.2. The molecule has 0 fully saturated rings. The lowest BCUT2D eigenvalue weighted by Crippen LogP contribution is -2.32. The molecule has 0 saturated heterocycles. The zero-order valence-electron chi connectivity index (χ0n) is 17.8. The summed E-state index contributed by atoms with van der Waals surface area (Å²) in [5.41, 5.74) is 3.39. The molecule has 0 saturated carbocycles. The molecule has 3 aromatic rings. The van der Waals surface area contributed by atoms with Crippen LogP contribution in [0.1, 0.15) is 41.9 Å². The van der Waals surface area contributed by atoms with Gasteiger partial charge in [0.15, 0.2) is 10.9 Å². The molecule has 1 aliphatic heterocycles. The van der Waals surface area contributed by atoms with E-state index in [-0.39, 0.29) is 17.0 Å². The van der Waals surface area contributed by atoms with Crippen molar-refractivity contribution in [3.63, 3.8) is 0 Å². The molecule has 2 aliphatic rings. The van der Waals surface area contributed by atoms with E-state index in [0.717, 1.165) is 34.1 Å². The number of aromatic amines is 1. The van der Waals surface area contributed by atoms with E-state index in [0.29, 0.717) is 34.3 Å². The summed E-state index contributed by atoms with van der Waals surface area (Å²) in [4.78, 5) is 44.2. The Bertz CT molecular complexity index is 1400. The Morgan fingerprint density at radius 1 is 1.15 bits per heavy atom. The lowest BCUT2D eigenvalue weighted by Gasteiger charge is -2.32. The summed E-state index contributed by atoms with van der Waals surface area (Å²) >= 11 is 4.84. The number of rotatable bonds is 5. The Labute approximate surface area is 207 Å². The van der Waals surface area contributed by atoms with Crippen molar-refractivity contribution < 1.29 is 9.72 Å². The monoisotopic (exact) mass is 538 g/mol. The number of nitro groups is 1. The molecule has 0 radical (unpaired) electrons. The van der Waals surface area contributed by atoms with E-state index in [9.17, 15) is 19.7 Å². The number of fused-ring (bicyclic) bond motifs is 1. The number of benzene rings is 2. The molecule has 2 heterocycles. The maximum Gasteiger partial charge on any atom is 0.269 e. The molecule has 8 nitrogen and oxygen atoms in total. The molecule has 5 rings (SSSR count). The van der Waals surface area contributed by atoms with Crippen LogP contribution in [0.2, 0.25) is 0 Å². The van der Waals surface area contributed by atoms with Crippen LogP contribution in [0.25, 0.3) is 0 Å². The van der Waals surface area contributed by atoms with E-state index in [1.54, 1.807) is 12.1 Å². The van der Waals surface area contributed by atoms with Crippen LogP contribution in [-0.4, -0.2) is 20.7 Å². The van der Waals surface area contributed by atoms with Crippen molar-refractivity contribution >= 4 is 45.0 Å². The SMILES string of the molecule is O=C1CCCC2=C1C(c1cccc(Br)c1)c1c(nc(SCc3ccc([N+](=O)[O-])cc3)[nH]c1=O)N2. The molecule has 172 valence electrons. The molecule has 10 heteroatoms. The fourth-order valence-electron chi connectivity index (χ4n) is 4.39. The number of thioether (sulfide) groups is 1. The van der Waals surface area contributed by atoms with E-state index in [2.05, 4.69) is 31.2 Å². The number of nitrogens with zero attached hydrogens (tertiary/aromatic N) is 2. The number of H-pyrrole nitrogens is 1. The van der Waals surface area contributed by atoms with Crippen LogP contribution in [0.3, 0.4) is 0 Å². The number of allylic oxidation sites excluding steroid dienone is 2. The molecule has 0 bridgehead atoms. The average Bonchev–Trinajstić information content (AvgIpc) is 2.82. The van der Waals surface area contributed by atoms with Gasteiger partial charge in [0.05, 0.1) is 10.5 Å². The minimum Gasteiger partial charge on any atom is -0.343 e. The largest absolute Gasteiger partial charge is 0.343 e. The Morgan fingerprint density at radius 3 is 2.68 bits per heavy atom. The molecule has 34 heavy (non-hydrogen) atoms. The molecule has 1 atom stereocenters. The summed E-state index contributed by atoms with van der Waals surface area (Å²) < 4.78 is 0.871. The zero-order chi connectivity index (χ0) is 23.8. The van der Waals surface area contributed by atoms with Crippen LogP contribution < -0.4 is 10.9 Å². The average molecular weight is 539 g/mol. The van der Waals surface area contributed by atoms with Crippen molar-refractivity contribution in [2.24, 2.45) is 0 Å². The summed E-state index contributed by atoms with van der Waals surface area (Å²) in [5.74, 6) is 0.525. The molecule has 2 N–H and O–H groups in total. The standard InChI is InChI=1S/C24H19BrN4O4S/c25-15-4-1-3-14(11-15)19-20-17(5-2-6-18(20)30)26-22-21(19)23(31)28-24(27-22)34-12-13-7-9-16(10-8-13)29(32)33/h1,3-4,7-11,19H,2,5-6,12H2,(H2,26,27,28,31). The molecule has 1 aromatic heterocycles. The number of aromatic nitrogens is 2. The van der Waals surface area contributed by atoms with Crippen molar-refractivity contribution in [3.8, 4) is 0 Å². The van der Waals surface area contributed by atoms with Gasteiger partial charge in [-0.3, -0.25) is 19.7 Å². The lowest BCUT2D eigenvalue weighted by atomic mass is 9.76. The summed E-state index contributed by atoms with van der Waals surface area (Å²) in [6.45, 7) is 0. The van der Waals surface area contributed by atoms with E-state index in [1.807, 2.05) is 24.3 Å². The number of hydrogen-bond donors (Lipinski definition) is 2. The first-order valence-corrected chi connectivity index (χ1v) is 12.5. The minimum absolute atomic E-state index is 0.0305. The normalized spacial score (nSPS) is 17.1. The highest BCUT2D eigenvalue weighted by atomic mass is 79.9. The van der Waals surface area contributed by atoms with E-state index >= 15 is 0 Å². The minimum atomic E-state index is -0.485. The number of hydrogen-bond acceptors (Lipinski definition) is 7. The van der Waals surface area contributed by atoms with Gasteiger partial charge in [0.1, 0.15) is 5.82 Å². The number of non-ortho nitro benzene ring substituents is 1. The van der Waals surface area contributed by atoms with E-state index in [1.165, 1.54) is 23.9 Å². The second-order valence-electron chi connectivity index (χ2n) is 8.13.